The first kappa shape index (κ1) is 18.2. The SMILES string of the molecule is C[C@H](c1ccc(Cl)cc1)N1C(=O)CN(c2ncc(Cl)cc2F)C(=O)C12CC2. The van der Waals surface area contributed by atoms with E-state index < -0.39 is 11.4 Å². The number of carbonyl (C=O) groups excluding carboxylic acids is 2. The van der Waals surface area contributed by atoms with E-state index in [-0.39, 0.29) is 35.2 Å². The fourth-order valence-corrected chi connectivity index (χ4v) is 3.97. The third-order valence-electron chi connectivity index (χ3n) is 5.17. The van der Waals surface area contributed by atoms with Crippen LogP contribution in [0, 0.1) is 5.82 Å². The van der Waals surface area contributed by atoms with Gasteiger partial charge in [0, 0.05) is 11.2 Å². The van der Waals surface area contributed by atoms with E-state index in [1.807, 2.05) is 19.1 Å². The molecule has 0 unspecified atom stereocenters. The topological polar surface area (TPSA) is 53.5 Å². The van der Waals surface area contributed by atoms with Crippen molar-refractivity contribution in [1.82, 2.24) is 9.88 Å². The van der Waals surface area contributed by atoms with Gasteiger partial charge >= 0.3 is 0 Å². The van der Waals surface area contributed by atoms with Gasteiger partial charge in [0.25, 0.3) is 5.91 Å². The van der Waals surface area contributed by atoms with E-state index in [0.717, 1.165) is 16.5 Å². The number of piperazine rings is 1. The van der Waals surface area contributed by atoms with Gasteiger partial charge in [-0.05, 0) is 43.5 Å². The third kappa shape index (κ3) is 2.97. The lowest BCUT2D eigenvalue weighted by molar-refractivity contribution is -0.147. The molecule has 1 aromatic heterocycles. The van der Waals surface area contributed by atoms with Gasteiger partial charge in [0.1, 0.15) is 12.1 Å². The zero-order chi connectivity index (χ0) is 19.3. The number of hydrogen-bond acceptors (Lipinski definition) is 3. The Labute approximate surface area is 165 Å². The van der Waals surface area contributed by atoms with Crippen molar-refractivity contribution in [3.8, 4) is 0 Å². The normalized spacial score (nSPS) is 19.6. The lowest BCUT2D eigenvalue weighted by Crippen LogP contribution is -2.62. The van der Waals surface area contributed by atoms with Crippen molar-refractivity contribution in [3.05, 3.63) is 58.0 Å². The Bertz CT molecular complexity index is 931. The minimum atomic E-state index is -0.942. The minimum Gasteiger partial charge on any atom is -0.320 e. The second kappa shape index (κ2) is 6.46. The summed E-state index contributed by atoms with van der Waals surface area (Å²) in [6.45, 7) is 1.62. The van der Waals surface area contributed by atoms with Gasteiger partial charge in [-0.3, -0.25) is 14.5 Å². The highest BCUT2D eigenvalue weighted by Crippen LogP contribution is 2.50. The summed E-state index contributed by atoms with van der Waals surface area (Å²) in [4.78, 5) is 32.8. The van der Waals surface area contributed by atoms with Crippen molar-refractivity contribution in [2.75, 3.05) is 11.4 Å². The van der Waals surface area contributed by atoms with Crippen LogP contribution in [0.1, 0.15) is 31.4 Å². The predicted molar refractivity (Wildman–Crippen MR) is 100 cm³/mol. The highest BCUT2D eigenvalue weighted by molar-refractivity contribution is 6.30. The first-order chi connectivity index (χ1) is 12.8. The van der Waals surface area contributed by atoms with Gasteiger partial charge in [0.05, 0.1) is 11.1 Å². The second-order valence-corrected chi connectivity index (χ2v) is 7.75. The Kier molecular flexibility index (Phi) is 4.35. The molecule has 1 spiro atoms. The van der Waals surface area contributed by atoms with Gasteiger partial charge in [-0.1, -0.05) is 35.3 Å². The van der Waals surface area contributed by atoms with Gasteiger partial charge in [-0.2, -0.15) is 0 Å². The van der Waals surface area contributed by atoms with Gasteiger partial charge in [-0.15, -0.1) is 0 Å². The zero-order valence-corrected chi connectivity index (χ0v) is 16.0. The zero-order valence-electron chi connectivity index (χ0n) is 14.5. The van der Waals surface area contributed by atoms with Gasteiger partial charge < -0.3 is 4.90 Å². The number of carbonyl (C=O) groups is 2. The number of amides is 2. The van der Waals surface area contributed by atoms with Crippen molar-refractivity contribution in [1.29, 1.82) is 0 Å². The van der Waals surface area contributed by atoms with Crippen LogP contribution in [0.4, 0.5) is 10.2 Å². The summed E-state index contributed by atoms with van der Waals surface area (Å²) in [6, 6.07) is 7.97. The third-order valence-corrected chi connectivity index (χ3v) is 5.63. The number of benzene rings is 1. The van der Waals surface area contributed by atoms with E-state index >= 15 is 0 Å². The van der Waals surface area contributed by atoms with E-state index in [4.69, 9.17) is 23.2 Å². The molecule has 0 N–H and O–H groups in total. The minimum absolute atomic E-state index is 0.131. The summed E-state index contributed by atoms with van der Waals surface area (Å²) >= 11 is 11.7. The van der Waals surface area contributed by atoms with Crippen LogP contribution >= 0.6 is 23.2 Å². The number of hydrogen-bond donors (Lipinski definition) is 0. The summed E-state index contributed by atoms with van der Waals surface area (Å²) in [5, 5.41) is 0.731. The molecule has 1 saturated carbocycles. The van der Waals surface area contributed by atoms with Crippen LogP contribution in [0.25, 0.3) is 0 Å². The largest absolute Gasteiger partial charge is 0.320 e. The predicted octanol–water partition coefficient (Wildman–Crippen LogP) is 4.00. The van der Waals surface area contributed by atoms with Crippen molar-refractivity contribution in [3.63, 3.8) is 0 Å². The maximum absolute atomic E-state index is 14.3. The van der Waals surface area contributed by atoms with Crippen LogP contribution in [-0.4, -0.2) is 33.8 Å². The maximum atomic E-state index is 14.3. The van der Waals surface area contributed by atoms with Crippen molar-refractivity contribution < 1.29 is 14.0 Å². The van der Waals surface area contributed by atoms with Crippen LogP contribution in [-0.2, 0) is 9.59 Å². The summed E-state index contributed by atoms with van der Waals surface area (Å²) < 4.78 is 14.3. The van der Waals surface area contributed by atoms with Crippen LogP contribution in [0.2, 0.25) is 10.0 Å². The molecule has 2 aliphatic rings. The van der Waals surface area contributed by atoms with E-state index in [0.29, 0.717) is 17.9 Å². The summed E-state index contributed by atoms with van der Waals surface area (Å²) in [7, 11) is 0. The number of anilines is 1. The molecule has 1 aromatic carbocycles. The molecule has 2 heterocycles. The highest BCUT2D eigenvalue weighted by Gasteiger charge is 2.62. The Hall–Kier alpha value is -2.18. The van der Waals surface area contributed by atoms with Gasteiger partial charge in [-0.25, -0.2) is 9.37 Å². The maximum Gasteiger partial charge on any atom is 0.254 e. The van der Waals surface area contributed by atoms with Crippen molar-refractivity contribution in [2.45, 2.75) is 31.3 Å². The van der Waals surface area contributed by atoms with Crippen LogP contribution in [0.5, 0.6) is 0 Å². The number of aromatic nitrogens is 1. The Morgan fingerprint density at radius 3 is 2.41 bits per heavy atom. The van der Waals surface area contributed by atoms with Gasteiger partial charge in [0.15, 0.2) is 11.6 Å². The van der Waals surface area contributed by atoms with Crippen molar-refractivity contribution >= 4 is 40.8 Å². The molecule has 8 heteroatoms. The van der Waals surface area contributed by atoms with Crippen LogP contribution in [0.15, 0.2) is 36.5 Å². The Morgan fingerprint density at radius 2 is 1.81 bits per heavy atom. The molecule has 5 nitrogen and oxygen atoms in total. The number of halogens is 3. The van der Waals surface area contributed by atoms with Crippen LogP contribution in [0.3, 0.4) is 0 Å². The molecule has 140 valence electrons. The lowest BCUT2D eigenvalue weighted by atomic mass is 10.00. The molecule has 1 saturated heterocycles. The van der Waals surface area contributed by atoms with E-state index in [1.165, 1.54) is 6.20 Å². The average Bonchev–Trinajstić information content (AvgIpc) is 3.40. The molecule has 1 aliphatic carbocycles. The molecule has 1 atom stereocenters. The molecule has 2 fully saturated rings. The average molecular weight is 408 g/mol. The molecule has 0 bridgehead atoms. The van der Waals surface area contributed by atoms with E-state index in [9.17, 15) is 14.0 Å². The summed E-state index contributed by atoms with van der Waals surface area (Å²) in [5.41, 5.74) is -0.0571. The van der Waals surface area contributed by atoms with Gasteiger partial charge in [0.2, 0.25) is 5.91 Å². The molecular formula is C19H16Cl2FN3O2. The molecule has 2 amide bonds. The van der Waals surface area contributed by atoms with Crippen molar-refractivity contribution in [2.24, 2.45) is 0 Å². The molecular weight excluding hydrogens is 392 g/mol. The molecule has 27 heavy (non-hydrogen) atoms. The Balaban J connectivity index is 1.68. The van der Waals surface area contributed by atoms with E-state index in [2.05, 4.69) is 4.98 Å². The van der Waals surface area contributed by atoms with Crippen LogP contribution < -0.4 is 4.90 Å². The first-order valence-corrected chi connectivity index (χ1v) is 9.30. The fraction of sp³-hybridized carbons (Fsp3) is 0.316. The smallest absolute Gasteiger partial charge is 0.254 e. The monoisotopic (exact) mass is 407 g/mol. The fourth-order valence-electron chi connectivity index (χ4n) is 3.70. The first-order valence-electron chi connectivity index (χ1n) is 8.54. The standard InChI is InChI=1S/C19H16Cl2FN3O2/c1-11(12-2-4-13(20)5-3-12)25-16(26)10-24(18(27)19(25)6-7-19)17-15(22)8-14(21)9-23-17/h2-5,8-9,11H,6-7,10H2,1H3/t11-/m1/s1. The molecule has 0 radical (unpaired) electrons. The number of rotatable bonds is 3. The summed E-state index contributed by atoms with van der Waals surface area (Å²) in [6.07, 6.45) is 2.35. The number of pyridine rings is 1. The number of nitrogens with zero attached hydrogens (tertiary/aromatic N) is 3. The molecule has 4 rings (SSSR count). The Morgan fingerprint density at radius 1 is 1.15 bits per heavy atom. The lowest BCUT2D eigenvalue weighted by Gasteiger charge is -2.43. The second-order valence-electron chi connectivity index (χ2n) is 6.87. The molecule has 2 aromatic rings. The van der Waals surface area contributed by atoms with E-state index in [1.54, 1.807) is 17.0 Å². The summed E-state index contributed by atoms with van der Waals surface area (Å²) in [5.74, 6) is -1.44. The quantitative estimate of drug-likeness (QED) is 0.772. The highest BCUT2D eigenvalue weighted by atomic mass is 35.5. The molecule has 1 aliphatic heterocycles.